The van der Waals surface area contributed by atoms with Crippen LogP contribution in [0.3, 0.4) is 0 Å². The van der Waals surface area contributed by atoms with Gasteiger partial charge in [0.05, 0.1) is 18.5 Å². The van der Waals surface area contributed by atoms with Crippen molar-refractivity contribution in [1.29, 1.82) is 0 Å². The van der Waals surface area contributed by atoms with Crippen LogP contribution in [0.2, 0.25) is 10.0 Å². The molecule has 0 aromatic heterocycles. The molecule has 1 fully saturated rings. The minimum atomic E-state index is -0.849. The van der Waals surface area contributed by atoms with E-state index in [1.807, 2.05) is 20.8 Å². The molecular weight excluding hydrogens is 411 g/mol. The molecule has 1 aliphatic heterocycles. The minimum absolute atomic E-state index is 0.0505. The molecule has 2 aromatic carbocycles. The third kappa shape index (κ3) is 4.62. The molecule has 1 heterocycles. The molecule has 0 bridgehead atoms. The third-order valence-corrected chi connectivity index (χ3v) is 5.28. The Labute approximate surface area is 180 Å². The van der Waals surface area contributed by atoms with E-state index >= 15 is 0 Å². The number of amides is 3. The molecular formula is C22H22Cl2N2O3. The second-order valence-corrected chi connectivity index (χ2v) is 8.87. The molecule has 3 amide bonds. The summed E-state index contributed by atoms with van der Waals surface area (Å²) in [5.41, 5.74) is 0.603. The van der Waals surface area contributed by atoms with Crippen molar-refractivity contribution in [2.75, 3.05) is 4.90 Å². The van der Waals surface area contributed by atoms with Crippen LogP contribution in [0.15, 0.2) is 48.5 Å². The molecule has 152 valence electrons. The van der Waals surface area contributed by atoms with Crippen molar-refractivity contribution in [2.45, 2.75) is 45.2 Å². The van der Waals surface area contributed by atoms with E-state index in [2.05, 4.69) is 0 Å². The second kappa shape index (κ2) is 8.17. The number of imide groups is 1. The highest BCUT2D eigenvalue weighted by molar-refractivity contribution is 6.31. The number of halogens is 2. The summed E-state index contributed by atoms with van der Waals surface area (Å²) in [7, 11) is 0. The van der Waals surface area contributed by atoms with E-state index in [4.69, 9.17) is 23.2 Å². The molecule has 3 rings (SSSR count). The van der Waals surface area contributed by atoms with Crippen molar-refractivity contribution < 1.29 is 14.4 Å². The first-order valence-corrected chi connectivity index (χ1v) is 10.0. The molecule has 1 aliphatic rings. The Morgan fingerprint density at radius 3 is 2.03 bits per heavy atom. The zero-order valence-corrected chi connectivity index (χ0v) is 18.0. The van der Waals surface area contributed by atoms with Crippen LogP contribution in [0.25, 0.3) is 0 Å². The summed E-state index contributed by atoms with van der Waals surface area (Å²) < 4.78 is 0. The van der Waals surface area contributed by atoms with E-state index in [0.29, 0.717) is 15.7 Å². The largest absolute Gasteiger partial charge is 0.325 e. The summed E-state index contributed by atoms with van der Waals surface area (Å²) in [4.78, 5) is 41.6. The Hall–Kier alpha value is -2.37. The number of hydrogen-bond donors (Lipinski definition) is 0. The SMILES string of the molecule is CC(C)(C)N(C(=O)Cc1ccc(Cl)cc1)C1CC(=O)N(c2ccc(Cl)cc2)C1=O. The van der Waals surface area contributed by atoms with Gasteiger partial charge < -0.3 is 4.90 Å². The molecule has 0 spiro atoms. The maximum atomic E-state index is 13.2. The van der Waals surface area contributed by atoms with Gasteiger partial charge >= 0.3 is 0 Å². The minimum Gasteiger partial charge on any atom is -0.325 e. The molecule has 0 aliphatic carbocycles. The van der Waals surface area contributed by atoms with E-state index < -0.39 is 17.5 Å². The van der Waals surface area contributed by atoms with Crippen molar-refractivity contribution in [2.24, 2.45) is 0 Å². The van der Waals surface area contributed by atoms with Crippen LogP contribution in [-0.2, 0) is 20.8 Å². The van der Waals surface area contributed by atoms with Crippen molar-refractivity contribution in [1.82, 2.24) is 4.90 Å². The van der Waals surface area contributed by atoms with E-state index in [0.717, 1.165) is 10.5 Å². The number of anilines is 1. The number of rotatable bonds is 4. The van der Waals surface area contributed by atoms with E-state index in [1.54, 1.807) is 48.5 Å². The van der Waals surface area contributed by atoms with Gasteiger partial charge in [-0.2, -0.15) is 0 Å². The van der Waals surface area contributed by atoms with Crippen LogP contribution in [0.1, 0.15) is 32.8 Å². The molecule has 1 atom stereocenters. The van der Waals surface area contributed by atoms with Gasteiger partial charge in [0.1, 0.15) is 6.04 Å². The van der Waals surface area contributed by atoms with Crippen LogP contribution in [0.5, 0.6) is 0 Å². The van der Waals surface area contributed by atoms with Crippen LogP contribution in [-0.4, -0.2) is 34.2 Å². The highest BCUT2D eigenvalue weighted by Crippen LogP contribution is 2.31. The Morgan fingerprint density at radius 2 is 1.52 bits per heavy atom. The topological polar surface area (TPSA) is 57.7 Å². The smallest absolute Gasteiger partial charge is 0.257 e. The Balaban J connectivity index is 1.88. The van der Waals surface area contributed by atoms with Gasteiger partial charge in [-0.3, -0.25) is 14.4 Å². The zero-order chi connectivity index (χ0) is 21.3. The predicted octanol–water partition coefficient (Wildman–Crippen LogP) is 4.50. The molecule has 7 heteroatoms. The van der Waals surface area contributed by atoms with E-state index in [9.17, 15) is 14.4 Å². The molecule has 5 nitrogen and oxygen atoms in total. The highest BCUT2D eigenvalue weighted by Gasteiger charge is 2.47. The normalized spacial score (nSPS) is 17.0. The number of hydrogen-bond acceptors (Lipinski definition) is 3. The molecule has 0 radical (unpaired) electrons. The maximum Gasteiger partial charge on any atom is 0.257 e. The van der Waals surface area contributed by atoms with Crippen molar-refractivity contribution in [3.63, 3.8) is 0 Å². The lowest BCUT2D eigenvalue weighted by Gasteiger charge is -2.39. The van der Waals surface area contributed by atoms with Crippen molar-refractivity contribution in [3.05, 3.63) is 64.1 Å². The first kappa shape index (κ1) is 21.3. The Kier molecular flexibility index (Phi) is 6.01. The molecule has 0 N–H and O–H groups in total. The Bertz CT molecular complexity index is 934. The zero-order valence-electron chi connectivity index (χ0n) is 16.5. The summed E-state index contributed by atoms with van der Waals surface area (Å²) in [6.45, 7) is 5.57. The van der Waals surface area contributed by atoms with E-state index in [-0.39, 0.29) is 24.7 Å². The second-order valence-electron chi connectivity index (χ2n) is 8.00. The van der Waals surface area contributed by atoms with Crippen LogP contribution in [0.4, 0.5) is 5.69 Å². The average Bonchev–Trinajstić information content (AvgIpc) is 2.91. The Morgan fingerprint density at radius 1 is 1.00 bits per heavy atom. The molecule has 1 saturated heterocycles. The van der Waals surface area contributed by atoms with Gasteiger partial charge in [0.15, 0.2) is 0 Å². The summed E-state index contributed by atoms with van der Waals surface area (Å²) in [6.07, 6.45) is 0.0679. The lowest BCUT2D eigenvalue weighted by atomic mass is 9.99. The summed E-state index contributed by atoms with van der Waals surface area (Å²) in [5.74, 6) is -0.962. The van der Waals surface area contributed by atoms with E-state index in [1.165, 1.54) is 4.90 Å². The molecule has 0 saturated carbocycles. The lowest BCUT2D eigenvalue weighted by Crippen LogP contribution is -2.55. The average molecular weight is 433 g/mol. The molecule has 1 unspecified atom stereocenters. The maximum absolute atomic E-state index is 13.2. The highest BCUT2D eigenvalue weighted by atomic mass is 35.5. The molecule has 29 heavy (non-hydrogen) atoms. The standard InChI is InChI=1S/C22H22Cl2N2O3/c1-22(2,3)26(20(28)12-14-4-6-15(23)7-5-14)18-13-19(27)25(21(18)29)17-10-8-16(24)9-11-17/h4-11,18H,12-13H2,1-3H3. The fraction of sp³-hybridized carbons (Fsp3) is 0.318. The van der Waals surface area contributed by atoms with Crippen LogP contribution in [0, 0.1) is 0 Å². The van der Waals surface area contributed by atoms with Crippen molar-refractivity contribution in [3.8, 4) is 0 Å². The van der Waals surface area contributed by atoms with Crippen LogP contribution >= 0.6 is 23.2 Å². The fourth-order valence-electron chi connectivity index (χ4n) is 3.56. The van der Waals surface area contributed by atoms with Gasteiger partial charge in [-0.15, -0.1) is 0 Å². The van der Waals surface area contributed by atoms with Gasteiger partial charge in [-0.1, -0.05) is 35.3 Å². The van der Waals surface area contributed by atoms with Gasteiger partial charge in [-0.05, 0) is 62.7 Å². The van der Waals surface area contributed by atoms with Crippen molar-refractivity contribution >= 4 is 46.6 Å². The fourth-order valence-corrected chi connectivity index (χ4v) is 3.81. The number of benzene rings is 2. The summed E-state index contributed by atoms with van der Waals surface area (Å²) >= 11 is 11.8. The lowest BCUT2D eigenvalue weighted by molar-refractivity contribution is -0.143. The third-order valence-electron chi connectivity index (χ3n) is 4.78. The monoisotopic (exact) mass is 432 g/mol. The van der Waals surface area contributed by atoms with Gasteiger partial charge in [0, 0.05) is 15.6 Å². The van der Waals surface area contributed by atoms with Gasteiger partial charge in [-0.25, -0.2) is 4.90 Å². The quantitative estimate of drug-likeness (QED) is 0.668. The first-order valence-electron chi connectivity index (χ1n) is 9.27. The summed E-state index contributed by atoms with van der Waals surface area (Å²) in [6, 6.07) is 12.6. The predicted molar refractivity (Wildman–Crippen MR) is 114 cm³/mol. The van der Waals surface area contributed by atoms with Gasteiger partial charge in [0.25, 0.3) is 5.91 Å². The molecule has 2 aromatic rings. The van der Waals surface area contributed by atoms with Gasteiger partial charge in [0.2, 0.25) is 11.8 Å². The summed E-state index contributed by atoms with van der Waals surface area (Å²) in [5, 5.41) is 1.10. The first-order chi connectivity index (χ1) is 13.6. The van der Waals surface area contributed by atoms with Crippen LogP contribution < -0.4 is 4.90 Å². The number of nitrogens with zero attached hydrogens (tertiary/aromatic N) is 2. The number of carbonyl (C=O) groups is 3. The number of carbonyl (C=O) groups excluding carboxylic acids is 3.